The third kappa shape index (κ3) is 3.05. The zero-order valence-corrected chi connectivity index (χ0v) is 10.8. The highest BCUT2D eigenvalue weighted by molar-refractivity contribution is 5.55. The lowest BCUT2D eigenvalue weighted by Crippen LogP contribution is -2.27. The van der Waals surface area contributed by atoms with Crippen LogP contribution in [0.25, 0.3) is 11.4 Å². The zero-order valence-electron chi connectivity index (χ0n) is 10.8. The molecule has 94 valence electrons. The molecule has 1 N–H and O–H groups in total. The summed E-state index contributed by atoms with van der Waals surface area (Å²) in [6.45, 7) is 3.98. The highest BCUT2D eigenvalue weighted by Gasteiger charge is 2.04. The Morgan fingerprint density at radius 1 is 1.22 bits per heavy atom. The van der Waals surface area contributed by atoms with Gasteiger partial charge in [0, 0.05) is 5.56 Å². The molecule has 1 aromatic carbocycles. The van der Waals surface area contributed by atoms with Gasteiger partial charge in [-0.25, -0.2) is 9.97 Å². The highest BCUT2D eigenvalue weighted by Crippen LogP contribution is 2.17. The van der Waals surface area contributed by atoms with Crippen molar-refractivity contribution in [1.82, 2.24) is 15.3 Å². The molecule has 1 atom stereocenters. The second-order valence-electron chi connectivity index (χ2n) is 4.16. The van der Waals surface area contributed by atoms with E-state index >= 15 is 0 Å². The number of nitrogens with zero attached hydrogens (tertiary/aromatic N) is 2. The van der Waals surface area contributed by atoms with Crippen LogP contribution >= 0.6 is 0 Å². The molecule has 0 amide bonds. The monoisotopic (exact) mass is 243 g/mol. The zero-order chi connectivity index (χ0) is 13.0. The van der Waals surface area contributed by atoms with E-state index in [4.69, 9.17) is 4.74 Å². The van der Waals surface area contributed by atoms with Gasteiger partial charge in [-0.15, -0.1) is 0 Å². The summed E-state index contributed by atoms with van der Waals surface area (Å²) >= 11 is 0. The summed E-state index contributed by atoms with van der Waals surface area (Å²) in [5, 5.41) is 2.99. The van der Waals surface area contributed by atoms with E-state index in [0.717, 1.165) is 5.56 Å². The molecule has 0 radical (unpaired) electrons. The molecule has 1 unspecified atom stereocenters. The molecule has 2 rings (SSSR count). The van der Waals surface area contributed by atoms with E-state index in [1.807, 2.05) is 26.1 Å². The quantitative estimate of drug-likeness (QED) is 0.838. The van der Waals surface area contributed by atoms with Gasteiger partial charge >= 0.3 is 0 Å². The van der Waals surface area contributed by atoms with Gasteiger partial charge < -0.3 is 4.74 Å². The first-order valence-electron chi connectivity index (χ1n) is 5.92. The standard InChI is InChI=1S/C14H17N3O/c1-10-5-4-6-12(7-10)14-16-8-13(9-17-14)18-11(2)15-3/h4-9,11,15H,1-3H3. The van der Waals surface area contributed by atoms with Crippen LogP contribution in [0, 0.1) is 6.92 Å². The van der Waals surface area contributed by atoms with Crippen molar-refractivity contribution in [1.29, 1.82) is 0 Å². The SMILES string of the molecule is CNC(C)Oc1cnc(-c2cccc(C)c2)nc1. The van der Waals surface area contributed by atoms with E-state index in [0.29, 0.717) is 11.6 Å². The molecule has 4 heteroatoms. The largest absolute Gasteiger partial charge is 0.472 e. The van der Waals surface area contributed by atoms with Crippen molar-refractivity contribution in [3.05, 3.63) is 42.2 Å². The molecule has 0 aliphatic heterocycles. The van der Waals surface area contributed by atoms with Crippen LogP contribution in [0.3, 0.4) is 0 Å². The molecule has 0 saturated carbocycles. The van der Waals surface area contributed by atoms with Gasteiger partial charge in [0.05, 0.1) is 12.4 Å². The minimum absolute atomic E-state index is 0.0570. The second-order valence-corrected chi connectivity index (χ2v) is 4.16. The van der Waals surface area contributed by atoms with Crippen LogP contribution < -0.4 is 10.1 Å². The lowest BCUT2D eigenvalue weighted by atomic mass is 10.1. The van der Waals surface area contributed by atoms with E-state index in [1.54, 1.807) is 12.4 Å². The summed E-state index contributed by atoms with van der Waals surface area (Å²) < 4.78 is 5.54. The van der Waals surface area contributed by atoms with E-state index < -0.39 is 0 Å². The average Bonchev–Trinajstić information content (AvgIpc) is 2.39. The fraction of sp³-hybridized carbons (Fsp3) is 0.286. The predicted octanol–water partition coefficient (Wildman–Crippen LogP) is 2.40. The molecule has 18 heavy (non-hydrogen) atoms. The van der Waals surface area contributed by atoms with Crippen LogP contribution in [-0.4, -0.2) is 23.2 Å². The molecule has 0 saturated heterocycles. The first kappa shape index (κ1) is 12.5. The van der Waals surface area contributed by atoms with Crippen LogP contribution in [0.5, 0.6) is 5.75 Å². The summed E-state index contributed by atoms with van der Waals surface area (Å²) in [7, 11) is 1.84. The van der Waals surface area contributed by atoms with Crippen molar-refractivity contribution >= 4 is 0 Å². The first-order valence-corrected chi connectivity index (χ1v) is 5.92. The topological polar surface area (TPSA) is 47.0 Å². The van der Waals surface area contributed by atoms with E-state index in [-0.39, 0.29) is 6.23 Å². The molecule has 4 nitrogen and oxygen atoms in total. The normalized spacial score (nSPS) is 12.2. The van der Waals surface area contributed by atoms with E-state index in [9.17, 15) is 0 Å². The van der Waals surface area contributed by atoms with Gasteiger partial charge in [-0.2, -0.15) is 0 Å². The van der Waals surface area contributed by atoms with Gasteiger partial charge in [-0.3, -0.25) is 5.32 Å². The first-order chi connectivity index (χ1) is 8.69. The second kappa shape index (κ2) is 5.60. The summed E-state index contributed by atoms with van der Waals surface area (Å²) in [5.41, 5.74) is 2.21. The van der Waals surface area contributed by atoms with Crippen molar-refractivity contribution in [2.24, 2.45) is 0 Å². The lowest BCUT2D eigenvalue weighted by Gasteiger charge is -2.12. The summed E-state index contributed by atoms with van der Waals surface area (Å²) in [6, 6.07) is 8.11. The summed E-state index contributed by atoms with van der Waals surface area (Å²) in [5.74, 6) is 1.37. The lowest BCUT2D eigenvalue weighted by molar-refractivity contribution is 0.192. The molecule has 0 aliphatic rings. The Kier molecular flexibility index (Phi) is 3.89. The summed E-state index contributed by atoms with van der Waals surface area (Å²) in [6.07, 6.45) is 3.33. The maximum Gasteiger partial charge on any atom is 0.159 e. The Balaban J connectivity index is 2.17. The number of hydrogen-bond acceptors (Lipinski definition) is 4. The molecule has 0 fully saturated rings. The predicted molar refractivity (Wildman–Crippen MR) is 71.4 cm³/mol. The average molecular weight is 243 g/mol. The van der Waals surface area contributed by atoms with Crippen molar-refractivity contribution in [3.63, 3.8) is 0 Å². The van der Waals surface area contributed by atoms with Gasteiger partial charge in [0.1, 0.15) is 6.23 Å². The van der Waals surface area contributed by atoms with Gasteiger partial charge in [-0.1, -0.05) is 23.8 Å². The van der Waals surface area contributed by atoms with Crippen LogP contribution in [0.1, 0.15) is 12.5 Å². The number of rotatable bonds is 4. The number of hydrogen-bond donors (Lipinski definition) is 1. The smallest absolute Gasteiger partial charge is 0.159 e. The van der Waals surface area contributed by atoms with E-state index in [1.165, 1.54) is 5.56 Å². The van der Waals surface area contributed by atoms with Crippen LogP contribution in [0.15, 0.2) is 36.7 Å². The Morgan fingerprint density at radius 3 is 2.56 bits per heavy atom. The minimum atomic E-state index is -0.0570. The van der Waals surface area contributed by atoms with Crippen molar-refractivity contribution in [2.45, 2.75) is 20.1 Å². The van der Waals surface area contributed by atoms with Crippen LogP contribution in [0.2, 0.25) is 0 Å². The van der Waals surface area contributed by atoms with Gasteiger partial charge in [0.15, 0.2) is 11.6 Å². The number of aryl methyl sites for hydroxylation is 1. The Morgan fingerprint density at radius 2 is 1.94 bits per heavy atom. The van der Waals surface area contributed by atoms with Crippen LogP contribution in [-0.2, 0) is 0 Å². The van der Waals surface area contributed by atoms with Crippen LogP contribution in [0.4, 0.5) is 0 Å². The fourth-order valence-electron chi connectivity index (χ4n) is 1.57. The van der Waals surface area contributed by atoms with Crippen molar-refractivity contribution in [2.75, 3.05) is 7.05 Å². The third-order valence-corrected chi connectivity index (χ3v) is 2.62. The molecule has 1 aromatic heterocycles. The van der Waals surface area contributed by atoms with Gasteiger partial charge in [0.25, 0.3) is 0 Å². The molecule has 2 aromatic rings. The third-order valence-electron chi connectivity index (χ3n) is 2.62. The number of nitrogens with one attached hydrogen (secondary N) is 1. The maximum absolute atomic E-state index is 5.54. The highest BCUT2D eigenvalue weighted by atomic mass is 16.5. The minimum Gasteiger partial charge on any atom is -0.472 e. The number of aromatic nitrogens is 2. The molecular formula is C14H17N3O. The molecule has 1 heterocycles. The maximum atomic E-state index is 5.54. The fourth-order valence-corrected chi connectivity index (χ4v) is 1.57. The summed E-state index contributed by atoms with van der Waals surface area (Å²) in [4.78, 5) is 8.63. The van der Waals surface area contributed by atoms with Crippen molar-refractivity contribution < 1.29 is 4.74 Å². The Hall–Kier alpha value is -1.94. The Labute approximate surface area is 107 Å². The Bertz CT molecular complexity index is 511. The molecule has 0 spiro atoms. The molecule has 0 aliphatic carbocycles. The molecular weight excluding hydrogens is 226 g/mol. The number of ether oxygens (including phenoxy) is 1. The molecule has 0 bridgehead atoms. The van der Waals surface area contributed by atoms with E-state index in [2.05, 4.69) is 34.3 Å². The van der Waals surface area contributed by atoms with Crippen molar-refractivity contribution in [3.8, 4) is 17.1 Å². The van der Waals surface area contributed by atoms with Gasteiger partial charge in [0.2, 0.25) is 0 Å². The number of benzene rings is 1. The van der Waals surface area contributed by atoms with Gasteiger partial charge in [-0.05, 0) is 27.0 Å².